The van der Waals surface area contributed by atoms with E-state index in [1.807, 2.05) is 14.0 Å². The lowest BCUT2D eigenvalue weighted by atomic mass is 10.1. The van der Waals surface area contributed by atoms with Gasteiger partial charge in [0.1, 0.15) is 0 Å². The Morgan fingerprint density at radius 3 is 2.74 bits per heavy atom. The van der Waals surface area contributed by atoms with Crippen molar-refractivity contribution in [3.05, 3.63) is 40.3 Å². The molecule has 0 aliphatic carbocycles. The van der Waals surface area contributed by atoms with Crippen LogP contribution in [0.25, 0.3) is 10.8 Å². The normalized spacial score (nSPS) is 12.3. The zero-order valence-corrected chi connectivity index (χ0v) is 10.9. The molecule has 0 aliphatic rings. The standard InChI is InChI=1S/C13H16N4O2/c1-8(14-2)7-15-13(19)11-9-5-3-4-6-10(9)12(18)17-16-11/h3-6,8,14H,7H2,1-2H3,(H,15,19)(H,17,18). The van der Waals surface area contributed by atoms with Crippen molar-refractivity contribution < 1.29 is 4.79 Å². The number of H-pyrrole nitrogens is 1. The van der Waals surface area contributed by atoms with E-state index >= 15 is 0 Å². The molecule has 1 aromatic heterocycles. The second kappa shape index (κ2) is 5.62. The number of carbonyl (C=O) groups is 1. The van der Waals surface area contributed by atoms with E-state index in [-0.39, 0.29) is 23.2 Å². The van der Waals surface area contributed by atoms with Gasteiger partial charge in [0, 0.05) is 18.0 Å². The molecular formula is C13H16N4O2. The third-order valence-corrected chi connectivity index (χ3v) is 2.97. The summed E-state index contributed by atoms with van der Waals surface area (Å²) in [6, 6.07) is 7.08. The number of likely N-dealkylation sites (N-methyl/N-ethyl adjacent to an activating group) is 1. The summed E-state index contributed by atoms with van der Waals surface area (Å²) in [5.74, 6) is -0.297. The van der Waals surface area contributed by atoms with Crippen LogP contribution in [0.15, 0.2) is 29.1 Å². The number of hydrogen-bond donors (Lipinski definition) is 3. The summed E-state index contributed by atoms with van der Waals surface area (Å²) >= 11 is 0. The topological polar surface area (TPSA) is 86.9 Å². The Hall–Kier alpha value is -2.21. The van der Waals surface area contributed by atoms with Gasteiger partial charge in [0.05, 0.1) is 5.39 Å². The summed E-state index contributed by atoms with van der Waals surface area (Å²) in [4.78, 5) is 23.7. The molecule has 0 radical (unpaired) electrons. The molecule has 1 atom stereocenters. The molecule has 2 rings (SSSR count). The highest BCUT2D eigenvalue weighted by Gasteiger charge is 2.13. The van der Waals surface area contributed by atoms with Crippen LogP contribution in [0.1, 0.15) is 17.4 Å². The van der Waals surface area contributed by atoms with Crippen molar-refractivity contribution >= 4 is 16.7 Å². The molecule has 100 valence electrons. The fourth-order valence-electron chi connectivity index (χ4n) is 1.72. The number of nitrogens with one attached hydrogen (secondary N) is 3. The summed E-state index contributed by atoms with van der Waals surface area (Å²) in [6.45, 7) is 2.45. The SMILES string of the molecule is CNC(C)CNC(=O)c1n[nH]c(=O)c2ccccc12. The molecule has 6 heteroatoms. The van der Waals surface area contributed by atoms with Gasteiger partial charge in [-0.15, -0.1) is 0 Å². The molecule has 6 nitrogen and oxygen atoms in total. The summed E-state index contributed by atoms with van der Waals surface area (Å²) in [6.07, 6.45) is 0. The van der Waals surface area contributed by atoms with Crippen LogP contribution in [0.2, 0.25) is 0 Å². The van der Waals surface area contributed by atoms with Crippen LogP contribution in [-0.2, 0) is 0 Å². The number of aromatic nitrogens is 2. The lowest BCUT2D eigenvalue weighted by molar-refractivity contribution is 0.0946. The first kappa shape index (κ1) is 13.2. The van der Waals surface area contributed by atoms with Crippen molar-refractivity contribution in [3.63, 3.8) is 0 Å². The van der Waals surface area contributed by atoms with Gasteiger partial charge in [0.2, 0.25) is 0 Å². The maximum atomic E-state index is 12.1. The number of benzene rings is 1. The smallest absolute Gasteiger partial charge is 0.272 e. The van der Waals surface area contributed by atoms with E-state index < -0.39 is 0 Å². The number of aromatic amines is 1. The van der Waals surface area contributed by atoms with Gasteiger partial charge in [-0.3, -0.25) is 9.59 Å². The van der Waals surface area contributed by atoms with Gasteiger partial charge in [-0.05, 0) is 20.0 Å². The summed E-state index contributed by atoms with van der Waals surface area (Å²) < 4.78 is 0. The van der Waals surface area contributed by atoms with E-state index in [1.165, 1.54) is 0 Å². The number of nitrogens with zero attached hydrogens (tertiary/aromatic N) is 1. The zero-order chi connectivity index (χ0) is 13.8. The van der Waals surface area contributed by atoms with Crippen LogP contribution in [0.3, 0.4) is 0 Å². The van der Waals surface area contributed by atoms with E-state index in [1.54, 1.807) is 24.3 Å². The molecule has 19 heavy (non-hydrogen) atoms. The summed E-state index contributed by atoms with van der Waals surface area (Å²) in [7, 11) is 1.82. The molecule has 0 saturated carbocycles. The summed E-state index contributed by atoms with van der Waals surface area (Å²) in [5.41, 5.74) is -0.0609. The Bertz CT molecular complexity index is 650. The number of amides is 1. The average molecular weight is 260 g/mol. The van der Waals surface area contributed by atoms with E-state index in [2.05, 4.69) is 20.8 Å². The Kier molecular flexibility index (Phi) is 3.91. The second-order valence-corrected chi connectivity index (χ2v) is 4.35. The first-order chi connectivity index (χ1) is 9.13. The minimum Gasteiger partial charge on any atom is -0.349 e. The van der Waals surface area contributed by atoms with E-state index in [0.29, 0.717) is 17.3 Å². The monoisotopic (exact) mass is 260 g/mol. The Balaban J connectivity index is 2.33. The van der Waals surface area contributed by atoms with E-state index in [0.717, 1.165) is 0 Å². The highest BCUT2D eigenvalue weighted by molar-refractivity contribution is 6.04. The first-order valence-electron chi connectivity index (χ1n) is 6.06. The number of hydrogen-bond acceptors (Lipinski definition) is 4. The molecule has 0 bridgehead atoms. The molecule has 0 fully saturated rings. The van der Waals surface area contributed by atoms with Gasteiger partial charge < -0.3 is 10.6 Å². The van der Waals surface area contributed by atoms with Crippen molar-refractivity contribution in [3.8, 4) is 0 Å². The maximum absolute atomic E-state index is 12.1. The van der Waals surface area contributed by atoms with Crippen LogP contribution in [-0.4, -0.2) is 35.7 Å². The van der Waals surface area contributed by atoms with Gasteiger partial charge >= 0.3 is 0 Å². The number of rotatable bonds is 4. The molecule has 0 aliphatic heterocycles. The fraction of sp³-hybridized carbons (Fsp3) is 0.308. The van der Waals surface area contributed by atoms with E-state index in [4.69, 9.17) is 0 Å². The Morgan fingerprint density at radius 2 is 2.05 bits per heavy atom. The molecule has 1 heterocycles. The van der Waals surface area contributed by atoms with Crippen molar-refractivity contribution in [1.29, 1.82) is 0 Å². The molecule has 1 amide bonds. The molecule has 0 saturated heterocycles. The van der Waals surface area contributed by atoms with Crippen molar-refractivity contribution in [1.82, 2.24) is 20.8 Å². The third-order valence-electron chi connectivity index (χ3n) is 2.97. The van der Waals surface area contributed by atoms with Crippen LogP contribution >= 0.6 is 0 Å². The Morgan fingerprint density at radius 1 is 1.37 bits per heavy atom. The van der Waals surface area contributed by atoms with Crippen LogP contribution < -0.4 is 16.2 Å². The Labute approximate surface area is 110 Å². The number of carbonyl (C=O) groups excluding carboxylic acids is 1. The lowest BCUT2D eigenvalue weighted by Gasteiger charge is -2.11. The van der Waals surface area contributed by atoms with Gasteiger partial charge in [0.15, 0.2) is 5.69 Å². The zero-order valence-electron chi connectivity index (χ0n) is 10.9. The molecule has 1 aromatic carbocycles. The average Bonchev–Trinajstić information content (AvgIpc) is 2.45. The van der Waals surface area contributed by atoms with Crippen molar-refractivity contribution in [2.75, 3.05) is 13.6 Å². The quantitative estimate of drug-likeness (QED) is 0.736. The van der Waals surface area contributed by atoms with Crippen LogP contribution in [0.5, 0.6) is 0 Å². The fourth-order valence-corrected chi connectivity index (χ4v) is 1.72. The highest BCUT2D eigenvalue weighted by atomic mass is 16.2. The van der Waals surface area contributed by atoms with E-state index in [9.17, 15) is 9.59 Å². The van der Waals surface area contributed by atoms with Crippen LogP contribution in [0.4, 0.5) is 0 Å². The largest absolute Gasteiger partial charge is 0.349 e. The first-order valence-corrected chi connectivity index (χ1v) is 6.06. The van der Waals surface area contributed by atoms with Crippen molar-refractivity contribution in [2.45, 2.75) is 13.0 Å². The predicted octanol–water partition coefficient (Wildman–Crippen LogP) is 0.261. The van der Waals surface area contributed by atoms with Crippen molar-refractivity contribution in [2.24, 2.45) is 0 Å². The van der Waals surface area contributed by atoms with Crippen LogP contribution in [0, 0.1) is 0 Å². The van der Waals surface area contributed by atoms with Gasteiger partial charge in [-0.1, -0.05) is 18.2 Å². The van der Waals surface area contributed by atoms with Gasteiger partial charge in [-0.2, -0.15) is 5.10 Å². The third kappa shape index (κ3) is 2.79. The van der Waals surface area contributed by atoms with Gasteiger partial charge in [-0.25, -0.2) is 5.10 Å². The molecule has 1 unspecified atom stereocenters. The molecule has 3 N–H and O–H groups in total. The number of fused-ring (bicyclic) bond motifs is 1. The summed E-state index contributed by atoms with van der Waals surface area (Å²) in [5, 5.41) is 13.0. The predicted molar refractivity (Wildman–Crippen MR) is 73.2 cm³/mol. The molecule has 2 aromatic rings. The lowest BCUT2D eigenvalue weighted by Crippen LogP contribution is -2.37. The molecule has 0 spiro atoms. The maximum Gasteiger partial charge on any atom is 0.272 e. The molecular weight excluding hydrogens is 244 g/mol. The highest BCUT2D eigenvalue weighted by Crippen LogP contribution is 2.11. The minimum absolute atomic E-state index is 0.165. The second-order valence-electron chi connectivity index (χ2n) is 4.35. The van der Waals surface area contributed by atoms with Gasteiger partial charge in [0.25, 0.3) is 11.5 Å². The minimum atomic E-state index is -0.297.